The summed E-state index contributed by atoms with van der Waals surface area (Å²) in [5.74, 6) is 0.914. The van der Waals surface area contributed by atoms with Crippen molar-refractivity contribution in [2.24, 2.45) is 4.99 Å². The Labute approximate surface area is 251 Å². The number of nitrogens with two attached hydrogens (primary N) is 1. The lowest BCUT2D eigenvalue weighted by Gasteiger charge is -2.29. The Morgan fingerprint density at radius 2 is 1.35 bits per heavy atom. The van der Waals surface area contributed by atoms with Gasteiger partial charge in [-0.05, 0) is 66.4 Å². The van der Waals surface area contributed by atoms with Gasteiger partial charge in [-0.3, -0.25) is 5.32 Å². The zero-order valence-electron chi connectivity index (χ0n) is 23.9. The molecule has 1 aliphatic heterocycles. The molecule has 0 radical (unpaired) electrons. The number of fused-ring (bicyclic) bond motifs is 3. The third-order valence-electron chi connectivity index (χ3n) is 8.63. The van der Waals surface area contributed by atoms with Gasteiger partial charge in [-0.1, -0.05) is 103 Å². The maximum absolute atomic E-state index is 5.28. The van der Waals surface area contributed by atoms with E-state index in [-0.39, 0.29) is 12.3 Å². The summed E-state index contributed by atoms with van der Waals surface area (Å²) in [5, 5.41) is 8.61. The molecule has 0 bridgehead atoms. The van der Waals surface area contributed by atoms with E-state index in [2.05, 4.69) is 161 Å². The first kappa shape index (κ1) is 25.5. The van der Waals surface area contributed by atoms with Crippen molar-refractivity contribution in [3.63, 3.8) is 0 Å². The lowest BCUT2D eigenvalue weighted by molar-refractivity contribution is -0.739. The third kappa shape index (κ3) is 4.76. The van der Waals surface area contributed by atoms with Crippen LogP contribution in [0.25, 0.3) is 33.1 Å². The molecule has 0 fully saturated rings. The monoisotopic (exact) mass is 557 g/mol. The second-order valence-electron chi connectivity index (χ2n) is 11.3. The molecule has 0 spiro atoms. The van der Waals surface area contributed by atoms with E-state index in [1.165, 1.54) is 44.1 Å². The van der Waals surface area contributed by atoms with Crippen molar-refractivity contribution in [1.82, 2.24) is 9.88 Å². The Balaban J connectivity index is 1.18. The molecule has 2 heterocycles. The maximum atomic E-state index is 5.28. The van der Waals surface area contributed by atoms with Crippen molar-refractivity contribution in [3.05, 3.63) is 168 Å². The first-order valence-electron chi connectivity index (χ1n) is 15.1. The Kier molecular flexibility index (Phi) is 6.47. The summed E-state index contributed by atoms with van der Waals surface area (Å²) in [6.45, 7) is 0. The number of nitrogens with one attached hydrogen (secondary N) is 1. The summed E-state index contributed by atoms with van der Waals surface area (Å²) >= 11 is 0. The molecule has 2 unspecified atom stereocenters. The Hall–Kier alpha value is -5.19. The van der Waals surface area contributed by atoms with E-state index >= 15 is 0 Å². The number of allylic oxidation sites excluding steroid dienone is 4. The topological polar surface area (TPSA) is 45.9 Å². The number of amidine groups is 1. The number of aliphatic imine (C=N–C) groups is 1. The number of benzene rings is 5. The van der Waals surface area contributed by atoms with E-state index in [0.717, 1.165) is 29.9 Å². The molecule has 43 heavy (non-hydrogen) atoms. The molecule has 6 aromatic rings. The minimum absolute atomic E-state index is 0.0492. The number of hydrogen-bond acceptors (Lipinski definition) is 2. The second-order valence-corrected chi connectivity index (χ2v) is 11.3. The largest absolute Gasteiger partial charge is 0.317 e. The van der Waals surface area contributed by atoms with Gasteiger partial charge in [0.05, 0.1) is 11.0 Å². The smallest absolute Gasteiger partial charge is 0.209 e. The molecule has 8 rings (SSSR count). The van der Waals surface area contributed by atoms with Gasteiger partial charge >= 0.3 is 0 Å². The predicted molar refractivity (Wildman–Crippen MR) is 177 cm³/mol. The molecule has 1 aliphatic carbocycles. The standard InChI is InChI=1S/C39H32N4/c1-3-12-27(13-4-1)30-16-11-17-31(26-30)39-41-37(28-14-5-2-6-15-28)40-38(42-39)29-22-24-32(25-23-29)43-35-20-9-7-18-33(35)34-19-8-10-21-36(34)43/h2-3,5-26,37,39,41H,1,4H2,(H,40,42)/p+1. The van der Waals surface area contributed by atoms with Crippen LogP contribution in [0.15, 0.2) is 151 Å². The number of nitrogens with zero attached hydrogens (tertiary/aromatic N) is 2. The van der Waals surface area contributed by atoms with E-state index in [4.69, 9.17) is 4.99 Å². The zero-order valence-corrected chi connectivity index (χ0v) is 23.9. The van der Waals surface area contributed by atoms with E-state index in [0.29, 0.717) is 0 Å². The highest BCUT2D eigenvalue weighted by atomic mass is 15.3. The van der Waals surface area contributed by atoms with Crippen molar-refractivity contribution >= 4 is 33.2 Å². The van der Waals surface area contributed by atoms with Crippen LogP contribution < -0.4 is 10.6 Å². The number of quaternary nitrogens is 1. The SMILES string of the molecule is C1=CC(c2cccc(C3N=C(c4ccc(-n5c6ccccc6c6ccccc65)cc4)NC(c4ccccc4)[NH2+]3)c2)=CCC1. The van der Waals surface area contributed by atoms with Crippen LogP contribution in [-0.2, 0) is 0 Å². The maximum Gasteiger partial charge on any atom is 0.209 e. The average Bonchev–Trinajstić information content (AvgIpc) is 3.43. The summed E-state index contributed by atoms with van der Waals surface area (Å²) < 4.78 is 2.35. The minimum Gasteiger partial charge on any atom is -0.317 e. The predicted octanol–water partition coefficient (Wildman–Crippen LogP) is 7.83. The Morgan fingerprint density at radius 1 is 0.651 bits per heavy atom. The molecule has 2 aliphatic rings. The number of para-hydroxylation sites is 2. The Bertz CT molecular complexity index is 1980. The van der Waals surface area contributed by atoms with Crippen molar-refractivity contribution < 1.29 is 5.32 Å². The number of hydrogen-bond donors (Lipinski definition) is 2. The molecular weight excluding hydrogens is 524 g/mol. The first-order valence-corrected chi connectivity index (χ1v) is 15.1. The van der Waals surface area contributed by atoms with Crippen molar-refractivity contribution in [2.45, 2.75) is 25.2 Å². The van der Waals surface area contributed by atoms with Crippen LogP contribution in [0.2, 0.25) is 0 Å². The van der Waals surface area contributed by atoms with E-state index in [1.807, 2.05) is 0 Å². The average molecular weight is 558 g/mol. The van der Waals surface area contributed by atoms with Crippen LogP contribution in [0.4, 0.5) is 0 Å². The van der Waals surface area contributed by atoms with Gasteiger partial charge in [0.25, 0.3) is 0 Å². The lowest BCUT2D eigenvalue weighted by atomic mass is 9.97. The fourth-order valence-corrected chi connectivity index (χ4v) is 6.49. The molecule has 1 aromatic heterocycles. The van der Waals surface area contributed by atoms with Gasteiger partial charge in [0.2, 0.25) is 6.17 Å². The highest BCUT2D eigenvalue weighted by Gasteiger charge is 2.29. The molecule has 3 N–H and O–H groups in total. The van der Waals surface area contributed by atoms with Gasteiger partial charge in [0.15, 0.2) is 6.17 Å². The molecule has 5 aromatic carbocycles. The fourth-order valence-electron chi connectivity index (χ4n) is 6.49. The van der Waals surface area contributed by atoms with Crippen LogP contribution in [0, 0.1) is 0 Å². The normalized spacial score (nSPS) is 18.3. The molecule has 2 atom stereocenters. The van der Waals surface area contributed by atoms with Crippen molar-refractivity contribution in [3.8, 4) is 5.69 Å². The van der Waals surface area contributed by atoms with Gasteiger partial charge in [0, 0.05) is 33.2 Å². The summed E-state index contributed by atoms with van der Waals surface area (Å²) in [7, 11) is 0. The summed E-state index contributed by atoms with van der Waals surface area (Å²) in [4.78, 5) is 5.28. The Morgan fingerprint density at radius 3 is 2.07 bits per heavy atom. The van der Waals surface area contributed by atoms with Crippen molar-refractivity contribution in [1.29, 1.82) is 0 Å². The van der Waals surface area contributed by atoms with Gasteiger partial charge in [-0.25, -0.2) is 4.99 Å². The van der Waals surface area contributed by atoms with Crippen LogP contribution >= 0.6 is 0 Å². The molecule has 0 saturated heterocycles. The highest BCUT2D eigenvalue weighted by molar-refractivity contribution is 6.09. The van der Waals surface area contributed by atoms with Gasteiger partial charge in [0.1, 0.15) is 5.84 Å². The van der Waals surface area contributed by atoms with Crippen LogP contribution in [0.1, 0.15) is 47.4 Å². The lowest BCUT2D eigenvalue weighted by Crippen LogP contribution is -2.90. The third-order valence-corrected chi connectivity index (χ3v) is 8.63. The fraction of sp³-hybridized carbons (Fsp3) is 0.103. The van der Waals surface area contributed by atoms with Crippen LogP contribution in [-0.4, -0.2) is 10.4 Å². The van der Waals surface area contributed by atoms with Crippen LogP contribution in [0.3, 0.4) is 0 Å². The summed E-state index contributed by atoms with van der Waals surface area (Å²) in [5.41, 5.74) is 9.64. The second kappa shape index (κ2) is 10.9. The van der Waals surface area contributed by atoms with E-state index in [9.17, 15) is 0 Å². The first-order chi connectivity index (χ1) is 21.3. The van der Waals surface area contributed by atoms with Gasteiger partial charge in [-0.2, -0.15) is 0 Å². The van der Waals surface area contributed by atoms with E-state index in [1.54, 1.807) is 0 Å². The number of rotatable bonds is 5. The minimum atomic E-state index is -0.0633. The molecule has 208 valence electrons. The quantitative estimate of drug-likeness (QED) is 0.223. The summed E-state index contributed by atoms with van der Waals surface area (Å²) in [6.07, 6.45) is 9.05. The molecule has 0 saturated carbocycles. The molecule has 4 nitrogen and oxygen atoms in total. The molecule has 4 heteroatoms. The van der Waals surface area contributed by atoms with Crippen LogP contribution in [0.5, 0.6) is 0 Å². The van der Waals surface area contributed by atoms with Gasteiger partial charge < -0.3 is 9.88 Å². The summed E-state index contributed by atoms with van der Waals surface area (Å²) in [6, 6.07) is 45.6. The highest BCUT2D eigenvalue weighted by Crippen LogP contribution is 2.32. The number of aromatic nitrogens is 1. The molecule has 0 amide bonds. The molecular formula is C39H33N4+. The van der Waals surface area contributed by atoms with E-state index < -0.39 is 0 Å². The van der Waals surface area contributed by atoms with Gasteiger partial charge in [-0.15, -0.1) is 0 Å². The van der Waals surface area contributed by atoms with Crippen molar-refractivity contribution in [2.75, 3.05) is 0 Å². The zero-order chi connectivity index (χ0) is 28.6.